The Hall–Kier alpha value is -2.98. The van der Waals surface area contributed by atoms with Crippen LogP contribution in [-0.4, -0.2) is 19.7 Å². The van der Waals surface area contributed by atoms with Crippen LogP contribution in [0.3, 0.4) is 0 Å². The van der Waals surface area contributed by atoms with Gasteiger partial charge in [0.05, 0.1) is 11.6 Å². The van der Waals surface area contributed by atoms with Gasteiger partial charge in [0.15, 0.2) is 0 Å². The molecule has 2 heterocycles. The molecule has 6 nitrogen and oxygen atoms in total. The van der Waals surface area contributed by atoms with Crippen LogP contribution in [0.1, 0.15) is 50.1 Å². The molecule has 1 unspecified atom stereocenters. The quantitative estimate of drug-likeness (QED) is 0.633. The number of fused-ring (bicyclic) bond motifs is 1. The molecule has 2 N–H and O–H groups in total. The van der Waals surface area contributed by atoms with Crippen LogP contribution < -0.4 is 11.2 Å². The molecule has 0 bridgehead atoms. The van der Waals surface area contributed by atoms with Crippen molar-refractivity contribution in [2.75, 3.05) is 0 Å². The van der Waals surface area contributed by atoms with Gasteiger partial charge in [0, 0.05) is 0 Å². The molecule has 3 rings (SSSR count). The topological polar surface area (TPSA) is 83.5 Å². The van der Waals surface area contributed by atoms with Crippen molar-refractivity contribution in [2.45, 2.75) is 39.4 Å². The maximum Gasteiger partial charge on any atom is 0.416 e. The highest BCUT2D eigenvalue weighted by atomic mass is 19.4. The molecule has 0 aliphatic carbocycles. The van der Waals surface area contributed by atoms with E-state index >= 15 is 0 Å². The average molecular weight is 416 g/mol. The van der Waals surface area contributed by atoms with Gasteiger partial charge in [-0.15, -0.1) is 0 Å². The van der Waals surface area contributed by atoms with Crippen LogP contribution >= 0.6 is 0 Å². The number of nitrogens with one attached hydrogen (secondary N) is 2. The number of hydrogen-bond donors (Lipinski definition) is 2. The maximum absolute atomic E-state index is 13.5. The standard InChI is InChI=1S/C18H17F5N4O2/c1-17(2,3)12(8-4-6-9(7-5-8)18(21,22)23)27-14-10(11(26-27)13(19)20)15(28)25-16(29)24-14/h4-7,12-13H,1-3H3,(H2,24,25,28,29). The van der Waals surface area contributed by atoms with E-state index < -0.39 is 52.0 Å². The number of alkyl halides is 5. The largest absolute Gasteiger partial charge is 0.416 e. The third-order valence-corrected chi connectivity index (χ3v) is 4.45. The van der Waals surface area contributed by atoms with E-state index in [-0.39, 0.29) is 5.65 Å². The van der Waals surface area contributed by atoms with E-state index in [0.29, 0.717) is 5.56 Å². The van der Waals surface area contributed by atoms with E-state index in [1.165, 1.54) is 12.1 Å². The first-order chi connectivity index (χ1) is 13.3. The smallest absolute Gasteiger partial charge is 0.291 e. The molecule has 0 saturated carbocycles. The Kier molecular flexibility index (Phi) is 4.88. The molecule has 0 saturated heterocycles. The number of hydrogen-bond acceptors (Lipinski definition) is 3. The molecule has 0 amide bonds. The van der Waals surface area contributed by atoms with Crippen molar-refractivity contribution in [2.24, 2.45) is 5.41 Å². The summed E-state index contributed by atoms with van der Waals surface area (Å²) >= 11 is 0. The lowest BCUT2D eigenvalue weighted by Crippen LogP contribution is -2.29. The van der Waals surface area contributed by atoms with E-state index in [1.807, 2.05) is 4.98 Å². The van der Waals surface area contributed by atoms with Gasteiger partial charge in [-0.25, -0.2) is 18.3 Å². The number of halogens is 5. The van der Waals surface area contributed by atoms with Crippen LogP contribution in [0.4, 0.5) is 22.0 Å². The molecule has 1 aromatic carbocycles. The van der Waals surface area contributed by atoms with E-state index in [9.17, 15) is 31.5 Å². The van der Waals surface area contributed by atoms with Crippen LogP contribution in [0.5, 0.6) is 0 Å². The summed E-state index contributed by atoms with van der Waals surface area (Å²) in [5.41, 5.74) is -4.23. The van der Waals surface area contributed by atoms with Crippen molar-refractivity contribution in [3.05, 3.63) is 61.9 Å². The SMILES string of the molecule is CC(C)(C)C(c1ccc(C(F)(F)F)cc1)n1nc(C(F)F)c2c(=O)[nH]c(=O)[nH]c21. The Morgan fingerprint density at radius 2 is 1.59 bits per heavy atom. The summed E-state index contributed by atoms with van der Waals surface area (Å²) in [6.45, 7) is 5.20. The van der Waals surface area contributed by atoms with Gasteiger partial charge in [0.1, 0.15) is 16.7 Å². The van der Waals surface area contributed by atoms with Gasteiger partial charge < -0.3 is 0 Å². The maximum atomic E-state index is 13.5. The second kappa shape index (κ2) is 6.82. The zero-order chi connectivity index (χ0) is 21.7. The minimum absolute atomic E-state index is 0.228. The average Bonchev–Trinajstić information content (AvgIpc) is 2.93. The Balaban J connectivity index is 2.30. The van der Waals surface area contributed by atoms with Crippen molar-refractivity contribution in [1.82, 2.24) is 19.7 Å². The molecule has 0 radical (unpaired) electrons. The van der Waals surface area contributed by atoms with Crippen LogP contribution in [0.25, 0.3) is 11.0 Å². The Morgan fingerprint density at radius 3 is 2.07 bits per heavy atom. The summed E-state index contributed by atoms with van der Waals surface area (Å²) in [6.07, 6.45) is -7.63. The molecule has 0 spiro atoms. The summed E-state index contributed by atoms with van der Waals surface area (Å²) in [4.78, 5) is 28.0. The van der Waals surface area contributed by atoms with Gasteiger partial charge in [0.2, 0.25) is 0 Å². The summed E-state index contributed by atoms with van der Waals surface area (Å²) < 4.78 is 66.7. The molecule has 0 aliphatic heterocycles. The van der Waals surface area contributed by atoms with Crippen LogP contribution in [-0.2, 0) is 6.18 Å². The first-order valence-electron chi connectivity index (χ1n) is 8.50. The van der Waals surface area contributed by atoms with Gasteiger partial charge in [0.25, 0.3) is 12.0 Å². The lowest BCUT2D eigenvalue weighted by Gasteiger charge is -2.32. The minimum Gasteiger partial charge on any atom is -0.291 e. The zero-order valence-corrected chi connectivity index (χ0v) is 15.6. The number of nitrogens with zero attached hydrogens (tertiary/aromatic N) is 2. The van der Waals surface area contributed by atoms with Gasteiger partial charge in [-0.3, -0.25) is 14.8 Å². The number of rotatable bonds is 3. The number of benzene rings is 1. The fourth-order valence-corrected chi connectivity index (χ4v) is 3.30. The highest BCUT2D eigenvalue weighted by molar-refractivity contribution is 5.77. The molecule has 0 aliphatic rings. The lowest BCUT2D eigenvalue weighted by molar-refractivity contribution is -0.137. The van der Waals surface area contributed by atoms with E-state index in [2.05, 4.69) is 10.1 Å². The molecule has 11 heteroatoms. The third-order valence-electron chi connectivity index (χ3n) is 4.45. The predicted octanol–water partition coefficient (Wildman–Crippen LogP) is 4.00. The van der Waals surface area contributed by atoms with Crippen molar-refractivity contribution in [3.8, 4) is 0 Å². The second-order valence-electron chi connectivity index (χ2n) is 7.65. The number of aromatic amines is 2. The van der Waals surface area contributed by atoms with Gasteiger partial charge in [-0.05, 0) is 23.1 Å². The second-order valence-corrected chi connectivity index (χ2v) is 7.65. The van der Waals surface area contributed by atoms with Crippen molar-refractivity contribution in [3.63, 3.8) is 0 Å². The number of H-pyrrole nitrogens is 2. The molecular formula is C18H17F5N4O2. The monoisotopic (exact) mass is 416 g/mol. The molecule has 0 fully saturated rings. The lowest BCUT2D eigenvalue weighted by atomic mass is 9.82. The first kappa shape index (κ1) is 20.7. The summed E-state index contributed by atoms with van der Waals surface area (Å²) in [6, 6.07) is 3.35. The Morgan fingerprint density at radius 1 is 1.00 bits per heavy atom. The minimum atomic E-state index is -4.53. The highest BCUT2D eigenvalue weighted by Crippen LogP contribution is 2.39. The molecule has 3 aromatic rings. The normalized spacial score (nSPS) is 14.0. The summed E-state index contributed by atoms with van der Waals surface area (Å²) in [5.74, 6) is 0. The predicted molar refractivity (Wildman–Crippen MR) is 95.0 cm³/mol. The van der Waals surface area contributed by atoms with Crippen LogP contribution in [0.2, 0.25) is 0 Å². The molecule has 156 valence electrons. The Labute approximate surface area is 160 Å². The zero-order valence-electron chi connectivity index (χ0n) is 15.6. The van der Waals surface area contributed by atoms with Crippen molar-refractivity contribution < 1.29 is 22.0 Å². The van der Waals surface area contributed by atoms with Crippen LogP contribution in [0.15, 0.2) is 33.9 Å². The van der Waals surface area contributed by atoms with Gasteiger partial charge >= 0.3 is 11.9 Å². The first-order valence-corrected chi connectivity index (χ1v) is 8.50. The molecular weight excluding hydrogens is 399 g/mol. The number of aromatic nitrogens is 4. The molecule has 1 atom stereocenters. The fraction of sp³-hybridized carbons (Fsp3) is 0.389. The third kappa shape index (κ3) is 3.81. The molecule has 29 heavy (non-hydrogen) atoms. The van der Waals surface area contributed by atoms with E-state index in [1.54, 1.807) is 20.8 Å². The Bertz CT molecular complexity index is 1150. The summed E-state index contributed by atoms with van der Waals surface area (Å²) in [5, 5.41) is 3.39. The van der Waals surface area contributed by atoms with Crippen molar-refractivity contribution in [1.29, 1.82) is 0 Å². The van der Waals surface area contributed by atoms with E-state index in [4.69, 9.17) is 0 Å². The van der Waals surface area contributed by atoms with Crippen molar-refractivity contribution >= 4 is 11.0 Å². The van der Waals surface area contributed by atoms with Gasteiger partial charge in [-0.1, -0.05) is 32.9 Å². The fourth-order valence-electron chi connectivity index (χ4n) is 3.30. The van der Waals surface area contributed by atoms with Crippen LogP contribution in [0, 0.1) is 5.41 Å². The summed E-state index contributed by atoms with van der Waals surface area (Å²) in [7, 11) is 0. The molecule has 2 aromatic heterocycles. The highest BCUT2D eigenvalue weighted by Gasteiger charge is 2.35. The van der Waals surface area contributed by atoms with E-state index in [0.717, 1.165) is 16.8 Å². The van der Waals surface area contributed by atoms with Gasteiger partial charge in [-0.2, -0.15) is 18.3 Å².